The number of halogens is 1. The molecule has 2 saturated heterocycles. The summed E-state index contributed by atoms with van der Waals surface area (Å²) in [7, 11) is 0. The van der Waals surface area contributed by atoms with Gasteiger partial charge in [-0.2, -0.15) is 0 Å². The van der Waals surface area contributed by atoms with Gasteiger partial charge in [0.2, 0.25) is 0 Å². The van der Waals surface area contributed by atoms with Crippen LogP contribution in [0.4, 0.5) is 0 Å². The lowest BCUT2D eigenvalue weighted by Gasteiger charge is -2.43. The van der Waals surface area contributed by atoms with Crippen molar-refractivity contribution in [3.05, 3.63) is 0 Å². The van der Waals surface area contributed by atoms with E-state index < -0.39 is 0 Å². The molecule has 2 heterocycles. The van der Waals surface area contributed by atoms with E-state index in [1.165, 1.54) is 44.9 Å². The Hall–Kier alpha value is 0.160. The Bertz CT molecular complexity index is 381. The molecule has 120 valence electrons. The van der Waals surface area contributed by atoms with Crippen molar-refractivity contribution in [1.82, 2.24) is 0 Å². The second-order valence-electron chi connectivity index (χ2n) is 7.19. The van der Waals surface area contributed by atoms with E-state index in [-0.39, 0.29) is 23.1 Å². The fourth-order valence-corrected chi connectivity index (χ4v) is 5.48. The normalized spacial score (nSPS) is 40.2. The predicted molar refractivity (Wildman–Crippen MR) is 90.6 cm³/mol. The van der Waals surface area contributed by atoms with Crippen LogP contribution in [-0.2, 0) is 14.3 Å². The summed E-state index contributed by atoms with van der Waals surface area (Å²) in [5.74, 6) is 0.567. The van der Waals surface area contributed by atoms with Crippen LogP contribution >= 0.6 is 22.6 Å². The van der Waals surface area contributed by atoms with Crippen molar-refractivity contribution in [2.75, 3.05) is 11.0 Å². The number of hydrogen-bond acceptors (Lipinski definition) is 3. The highest BCUT2D eigenvalue weighted by molar-refractivity contribution is 14.1. The van der Waals surface area contributed by atoms with Crippen molar-refractivity contribution >= 4 is 28.6 Å². The average molecular weight is 406 g/mol. The summed E-state index contributed by atoms with van der Waals surface area (Å²) in [6, 6.07) is 0. The molecule has 2 aliphatic heterocycles. The monoisotopic (exact) mass is 406 g/mol. The molecule has 1 atom stereocenters. The highest BCUT2D eigenvalue weighted by Gasteiger charge is 2.72. The van der Waals surface area contributed by atoms with E-state index in [4.69, 9.17) is 9.47 Å². The van der Waals surface area contributed by atoms with E-state index in [9.17, 15) is 4.79 Å². The van der Waals surface area contributed by atoms with Crippen molar-refractivity contribution in [2.24, 2.45) is 11.3 Å². The van der Waals surface area contributed by atoms with Gasteiger partial charge in [0.15, 0.2) is 0 Å². The summed E-state index contributed by atoms with van der Waals surface area (Å²) in [5.41, 5.74) is -0.342. The number of rotatable bonds is 4. The molecule has 0 aromatic rings. The van der Waals surface area contributed by atoms with E-state index in [0.29, 0.717) is 12.5 Å². The molecule has 3 nitrogen and oxygen atoms in total. The van der Waals surface area contributed by atoms with Gasteiger partial charge in [0.1, 0.15) is 0 Å². The van der Waals surface area contributed by atoms with Crippen LogP contribution in [0.1, 0.15) is 64.7 Å². The quantitative estimate of drug-likeness (QED) is 0.398. The Kier molecular flexibility index (Phi) is 4.84. The van der Waals surface area contributed by atoms with Gasteiger partial charge < -0.3 is 9.47 Å². The molecule has 4 heteroatoms. The number of hydrogen-bond donors (Lipinski definition) is 0. The molecule has 0 radical (unpaired) electrons. The number of carbonyl (C=O) groups is 1. The number of fused-ring (bicyclic) bond motifs is 1. The zero-order valence-electron chi connectivity index (χ0n) is 13.0. The molecule has 2 saturated carbocycles. The maximum atomic E-state index is 12.6. The first-order valence-corrected chi connectivity index (χ1v) is 10.1. The predicted octanol–water partition coefficient (Wildman–Crippen LogP) is 4.26. The molecule has 1 unspecified atom stereocenters. The molecule has 4 fully saturated rings. The Balaban J connectivity index is 1.77. The zero-order chi connectivity index (χ0) is 14.9. The van der Waals surface area contributed by atoms with Gasteiger partial charge in [-0.1, -0.05) is 54.7 Å². The summed E-state index contributed by atoms with van der Waals surface area (Å²) in [6.07, 6.45) is 11.0. The van der Waals surface area contributed by atoms with E-state index >= 15 is 0 Å². The molecule has 4 aliphatic rings. The van der Waals surface area contributed by atoms with Crippen LogP contribution in [-0.4, -0.2) is 28.7 Å². The highest BCUT2D eigenvalue weighted by atomic mass is 127. The minimum atomic E-state index is -0.314. The third kappa shape index (κ3) is 2.75. The van der Waals surface area contributed by atoms with Gasteiger partial charge in [0.05, 0.1) is 23.7 Å². The van der Waals surface area contributed by atoms with Gasteiger partial charge in [-0.25, -0.2) is 0 Å². The van der Waals surface area contributed by atoms with Crippen LogP contribution in [0.25, 0.3) is 0 Å². The van der Waals surface area contributed by atoms with E-state index in [1.54, 1.807) is 0 Å². The maximum Gasteiger partial charge on any atom is 0.314 e. The fourth-order valence-electron chi connectivity index (χ4n) is 4.76. The molecule has 2 aliphatic carbocycles. The molecule has 0 aromatic carbocycles. The lowest BCUT2D eigenvalue weighted by molar-refractivity contribution is -0.162. The second kappa shape index (κ2) is 6.34. The van der Waals surface area contributed by atoms with Gasteiger partial charge in [-0.3, -0.25) is 4.79 Å². The Labute approximate surface area is 141 Å². The van der Waals surface area contributed by atoms with Gasteiger partial charge in [0, 0.05) is 4.43 Å². The number of alkyl halides is 1. The summed E-state index contributed by atoms with van der Waals surface area (Å²) in [4.78, 5) is 12.6. The summed E-state index contributed by atoms with van der Waals surface area (Å²) < 4.78 is 12.9. The highest BCUT2D eigenvalue weighted by Crippen LogP contribution is 2.65. The first-order valence-electron chi connectivity index (χ1n) is 8.57. The molecule has 0 aromatic heterocycles. The third-order valence-electron chi connectivity index (χ3n) is 5.70. The first kappa shape index (κ1) is 16.0. The molecular formula is C17H27IO3. The van der Waals surface area contributed by atoms with E-state index in [2.05, 4.69) is 22.6 Å². The van der Waals surface area contributed by atoms with Crippen LogP contribution < -0.4 is 0 Å². The number of ether oxygens (including phenoxy) is 2. The zero-order valence-corrected chi connectivity index (χ0v) is 15.2. The van der Waals surface area contributed by atoms with Crippen molar-refractivity contribution in [3.63, 3.8) is 0 Å². The van der Waals surface area contributed by atoms with Crippen LogP contribution in [0.3, 0.4) is 0 Å². The van der Waals surface area contributed by atoms with Gasteiger partial charge in [-0.05, 0) is 38.5 Å². The molecule has 0 amide bonds. The Morgan fingerprint density at radius 2 is 1.81 bits per heavy atom. The molecule has 2 bridgehead atoms. The second-order valence-corrected chi connectivity index (χ2v) is 7.95. The average Bonchev–Trinajstić information content (AvgIpc) is 2.90. The summed E-state index contributed by atoms with van der Waals surface area (Å²) in [6.45, 7) is 2.38. The molecular weight excluding hydrogens is 379 g/mol. The molecule has 4 rings (SSSR count). The van der Waals surface area contributed by atoms with Gasteiger partial charge in [0.25, 0.3) is 0 Å². The molecule has 21 heavy (non-hydrogen) atoms. The van der Waals surface area contributed by atoms with Crippen LogP contribution in [0.15, 0.2) is 0 Å². The van der Waals surface area contributed by atoms with Crippen molar-refractivity contribution in [2.45, 2.75) is 76.4 Å². The van der Waals surface area contributed by atoms with Crippen molar-refractivity contribution in [3.8, 4) is 0 Å². The van der Waals surface area contributed by atoms with Crippen LogP contribution in [0.2, 0.25) is 0 Å². The van der Waals surface area contributed by atoms with Gasteiger partial charge in [-0.15, -0.1) is 0 Å². The standard InChI is InChI=1S/C17H27IO3/c1-2-20-15(19)17-10-16(11-17,12-18)21-14(17)13-8-6-4-3-5-7-9-13/h13-14H,2-12H2,1H3. The van der Waals surface area contributed by atoms with E-state index in [0.717, 1.165) is 17.3 Å². The fraction of sp³-hybridized carbons (Fsp3) is 0.941. The minimum Gasteiger partial charge on any atom is -0.465 e. The van der Waals surface area contributed by atoms with Gasteiger partial charge >= 0.3 is 5.97 Å². The topological polar surface area (TPSA) is 35.5 Å². The largest absolute Gasteiger partial charge is 0.465 e. The van der Waals surface area contributed by atoms with Crippen molar-refractivity contribution in [1.29, 1.82) is 0 Å². The van der Waals surface area contributed by atoms with Crippen LogP contribution in [0.5, 0.6) is 0 Å². The smallest absolute Gasteiger partial charge is 0.314 e. The molecule has 0 spiro atoms. The summed E-state index contributed by atoms with van der Waals surface area (Å²) in [5, 5.41) is 0. The lowest BCUT2D eigenvalue weighted by Crippen LogP contribution is -2.52. The van der Waals surface area contributed by atoms with Crippen molar-refractivity contribution < 1.29 is 14.3 Å². The number of esters is 1. The number of carbonyl (C=O) groups excluding carboxylic acids is 1. The molecule has 0 N–H and O–H groups in total. The lowest BCUT2D eigenvalue weighted by atomic mass is 9.58. The van der Waals surface area contributed by atoms with Crippen LogP contribution in [0, 0.1) is 11.3 Å². The maximum absolute atomic E-state index is 12.6. The Morgan fingerprint density at radius 1 is 1.19 bits per heavy atom. The Morgan fingerprint density at radius 3 is 2.38 bits per heavy atom. The summed E-state index contributed by atoms with van der Waals surface area (Å²) >= 11 is 2.41. The minimum absolute atomic E-state index is 0.00929. The third-order valence-corrected chi connectivity index (χ3v) is 7.09. The SMILES string of the molecule is CCOC(=O)C12CC(CI)(C1)OC2C1CCCCCCC1. The van der Waals surface area contributed by atoms with E-state index in [1.807, 2.05) is 6.92 Å². The first-order chi connectivity index (χ1) is 10.2.